The molecule has 0 bridgehead atoms. The second-order valence-electron chi connectivity index (χ2n) is 4.13. The summed E-state index contributed by atoms with van der Waals surface area (Å²) in [6.07, 6.45) is 0.806. The topological polar surface area (TPSA) is 72.8 Å². The van der Waals surface area contributed by atoms with E-state index in [1.54, 1.807) is 27.7 Å². The van der Waals surface area contributed by atoms with Crippen molar-refractivity contribution >= 4 is 21.6 Å². The minimum absolute atomic E-state index is 0.264. The fraction of sp³-hybridized carbons (Fsp3) is 1.00. The van der Waals surface area contributed by atoms with E-state index in [9.17, 15) is 14.4 Å². The van der Waals surface area contributed by atoms with Crippen LogP contribution in [-0.2, 0) is 18.7 Å². The molecule has 0 aromatic carbocycles. The Bertz CT molecular complexity index is 252. The van der Waals surface area contributed by atoms with E-state index in [1.165, 1.54) is 0 Å². The van der Waals surface area contributed by atoms with E-state index >= 15 is 0 Å². The molecule has 5 nitrogen and oxygen atoms in total. The van der Waals surface area contributed by atoms with Gasteiger partial charge in [-0.2, -0.15) is 0 Å². The molecule has 0 aliphatic rings. The maximum absolute atomic E-state index is 10.8. The Labute approximate surface area is 97.6 Å². The molecule has 16 heavy (non-hydrogen) atoms. The molecule has 1 N–H and O–H groups in total. The van der Waals surface area contributed by atoms with Crippen LogP contribution < -0.4 is 0 Å². The van der Waals surface area contributed by atoms with Crippen molar-refractivity contribution in [2.75, 3.05) is 0 Å². The monoisotopic (exact) mass is 226 g/mol. The van der Waals surface area contributed by atoms with E-state index < -0.39 is 18.1 Å². The zero-order valence-electron chi connectivity index (χ0n) is 10.2. The zero-order valence-corrected chi connectivity index (χ0v) is 10.2. The van der Waals surface area contributed by atoms with Gasteiger partial charge >= 0.3 is 96.9 Å². The van der Waals surface area contributed by atoms with Crippen molar-refractivity contribution in [2.24, 2.45) is 0 Å². The summed E-state index contributed by atoms with van der Waals surface area (Å²) < 4.78 is 31.2. The quantitative estimate of drug-likeness (QED) is 0.604. The Kier molecular flexibility index (Phi) is 6.11. The van der Waals surface area contributed by atoms with E-state index in [0.29, 0.717) is 20.0 Å². The average molecular weight is 226 g/mol. The summed E-state index contributed by atoms with van der Waals surface area (Å²) in [7, 11) is -0.439. The van der Waals surface area contributed by atoms with E-state index in [0.717, 1.165) is 0 Å². The Balaban J connectivity index is 4.70. The first-order chi connectivity index (χ1) is 7.37. The van der Waals surface area contributed by atoms with Gasteiger partial charge < -0.3 is 0 Å². The van der Waals surface area contributed by atoms with Gasteiger partial charge in [0.2, 0.25) is 0 Å². The van der Waals surface area contributed by atoms with Gasteiger partial charge in [-0.25, -0.2) is 0 Å². The second-order valence-corrected chi connectivity index (χ2v) is 4.13. The first-order valence-corrected chi connectivity index (χ1v) is 5.31. The van der Waals surface area contributed by atoms with Crippen LogP contribution >= 0.6 is 0 Å². The van der Waals surface area contributed by atoms with Gasteiger partial charge in [-0.1, -0.05) is 0 Å². The molecule has 0 radical (unpaired) electrons. The van der Waals surface area contributed by atoms with Crippen LogP contribution in [0.1, 0.15) is 40.5 Å². The third kappa shape index (κ3) is 3.83. The van der Waals surface area contributed by atoms with Gasteiger partial charge in [0.25, 0.3) is 0 Å². The molecule has 2 unspecified atom stereocenters. The van der Waals surface area contributed by atoms with Gasteiger partial charge in [0, 0.05) is 0 Å². The Morgan fingerprint density at radius 3 is 2.12 bits per heavy atom. The van der Waals surface area contributed by atoms with Crippen molar-refractivity contribution in [3.05, 3.63) is 0 Å². The molecule has 0 aliphatic carbocycles. The van der Waals surface area contributed by atoms with Gasteiger partial charge in [0.15, 0.2) is 0 Å². The van der Waals surface area contributed by atoms with E-state index in [4.69, 9.17) is 9.31 Å². The molecule has 88 valence electrons. The number of hydrogen-bond acceptors (Lipinski definition) is 5. The predicted octanol–water partition coefficient (Wildman–Crippen LogP) is 0.349. The van der Waals surface area contributed by atoms with Crippen LogP contribution in [0.5, 0.6) is 0 Å². The first-order valence-electron chi connectivity index (χ1n) is 5.31. The summed E-state index contributed by atoms with van der Waals surface area (Å²) >= 11 is 0. The molecular formula is C8H17B3O5. The SMILES string of the molecule is CCC(C)(B=O)OB(O)C(C)(CC)OB=O. The van der Waals surface area contributed by atoms with Crippen LogP contribution in [0.15, 0.2) is 0 Å². The summed E-state index contributed by atoms with van der Waals surface area (Å²) in [5, 5.41) is 9.83. The number of hydrogen-bond donors (Lipinski definition) is 1. The van der Waals surface area contributed by atoms with Crippen LogP contribution in [0.4, 0.5) is 0 Å². The van der Waals surface area contributed by atoms with Crippen LogP contribution in [0.25, 0.3) is 0 Å². The molecule has 0 spiro atoms. The Hall–Kier alpha value is -0.485. The molecule has 0 rings (SSSR count). The van der Waals surface area contributed by atoms with E-state index in [2.05, 4.69) is 0 Å². The second kappa shape index (κ2) is 6.30. The zero-order chi connectivity index (χ0) is 12.8. The van der Waals surface area contributed by atoms with Crippen LogP contribution in [0.2, 0.25) is 0 Å². The van der Waals surface area contributed by atoms with Gasteiger partial charge in [-0.15, -0.1) is 0 Å². The Morgan fingerprint density at radius 1 is 1.25 bits per heavy atom. The van der Waals surface area contributed by atoms with Crippen molar-refractivity contribution in [1.29, 1.82) is 0 Å². The minimum atomic E-state index is -1.34. The van der Waals surface area contributed by atoms with Crippen molar-refractivity contribution in [3.8, 4) is 0 Å². The van der Waals surface area contributed by atoms with Gasteiger partial charge in [-0.05, 0) is 0 Å². The summed E-state index contributed by atoms with van der Waals surface area (Å²) in [6.45, 7) is 6.64. The van der Waals surface area contributed by atoms with E-state index in [-0.39, 0.29) is 7.35 Å². The number of rotatable bonds is 8. The van der Waals surface area contributed by atoms with E-state index in [1.807, 2.05) is 0 Å². The molecule has 0 aliphatic heterocycles. The molecule has 0 saturated carbocycles. The van der Waals surface area contributed by atoms with Gasteiger partial charge in [-0.3, -0.25) is 0 Å². The molecular weight excluding hydrogens is 209 g/mol. The third-order valence-corrected chi connectivity index (χ3v) is 2.87. The maximum atomic E-state index is 10.8. The normalized spacial score (nSPS) is 17.6. The van der Waals surface area contributed by atoms with Crippen molar-refractivity contribution in [1.82, 2.24) is 0 Å². The van der Waals surface area contributed by atoms with Crippen LogP contribution in [-0.4, -0.2) is 37.6 Å². The summed E-state index contributed by atoms with van der Waals surface area (Å²) in [4.78, 5) is 0. The fourth-order valence-electron chi connectivity index (χ4n) is 1.00. The molecule has 0 fully saturated rings. The molecule has 0 saturated heterocycles. The summed E-state index contributed by atoms with van der Waals surface area (Å²) in [6, 6.07) is 0. The molecule has 0 amide bonds. The Morgan fingerprint density at radius 2 is 1.81 bits per heavy atom. The van der Waals surface area contributed by atoms with Crippen LogP contribution in [0, 0.1) is 0 Å². The standard InChI is InChI=1S/C8H17B3O5/c1-5-7(3,9-12)16-11(14)8(4,6-2)15-10-13/h14H,5-6H2,1-4H3. The molecule has 8 heteroatoms. The van der Waals surface area contributed by atoms with Crippen molar-refractivity contribution in [2.45, 2.75) is 51.5 Å². The third-order valence-electron chi connectivity index (χ3n) is 2.87. The molecule has 2 atom stereocenters. The van der Waals surface area contributed by atoms with Gasteiger partial charge in [0.05, 0.1) is 0 Å². The first kappa shape index (κ1) is 15.5. The van der Waals surface area contributed by atoms with Crippen molar-refractivity contribution < 1.29 is 23.7 Å². The molecule has 0 aromatic heterocycles. The predicted molar refractivity (Wildman–Crippen MR) is 60.4 cm³/mol. The van der Waals surface area contributed by atoms with Gasteiger partial charge in [0.1, 0.15) is 0 Å². The fourth-order valence-corrected chi connectivity index (χ4v) is 1.00. The van der Waals surface area contributed by atoms with Crippen molar-refractivity contribution in [3.63, 3.8) is 0 Å². The van der Waals surface area contributed by atoms with Crippen LogP contribution in [0.3, 0.4) is 0 Å². The molecule has 0 heterocycles. The molecule has 0 aromatic rings. The average Bonchev–Trinajstić information content (AvgIpc) is 2.28. The summed E-state index contributed by atoms with van der Waals surface area (Å²) in [5.41, 5.74) is -2.21. The summed E-state index contributed by atoms with van der Waals surface area (Å²) in [5.74, 6) is 0.